The molecule has 0 fully saturated rings. The summed E-state index contributed by atoms with van der Waals surface area (Å²) in [5.41, 5.74) is 6.09. The summed E-state index contributed by atoms with van der Waals surface area (Å²) in [5, 5.41) is 0. The first-order chi connectivity index (χ1) is 8.24. The number of allylic oxidation sites excluding steroid dienone is 1. The zero-order valence-corrected chi connectivity index (χ0v) is 16.1. The maximum absolute atomic E-state index is 2.37. The van der Waals surface area contributed by atoms with E-state index in [-0.39, 0.29) is 0 Å². The normalized spacial score (nSPS) is 17.6. The minimum Gasteiger partial charge on any atom is -0.0697 e. The second-order valence-electron chi connectivity index (χ2n) is 6.59. The van der Waals surface area contributed by atoms with Gasteiger partial charge >= 0.3 is 95.2 Å². The van der Waals surface area contributed by atoms with Gasteiger partial charge in [-0.3, -0.25) is 0 Å². The Morgan fingerprint density at radius 2 is 1.72 bits per heavy atom. The van der Waals surface area contributed by atoms with Gasteiger partial charge in [-0.05, 0) is 0 Å². The van der Waals surface area contributed by atoms with Gasteiger partial charge in [0.25, 0.3) is 0 Å². The van der Waals surface area contributed by atoms with Crippen LogP contribution >= 0.6 is 0 Å². The summed E-state index contributed by atoms with van der Waals surface area (Å²) in [5.74, 6) is 0. The second kappa shape index (κ2) is 6.48. The van der Waals surface area contributed by atoms with Crippen LogP contribution in [0.25, 0.3) is 6.08 Å². The predicted molar refractivity (Wildman–Crippen MR) is 81.4 cm³/mol. The molecular weight excluding hydrogens is 311 g/mol. The monoisotopic (exact) mass is 335 g/mol. The van der Waals surface area contributed by atoms with Crippen LogP contribution in [0.5, 0.6) is 0 Å². The van der Waals surface area contributed by atoms with Gasteiger partial charge in [0.05, 0.1) is 0 Å². The van der Waals surface area contributed by atoms with Gasteiger partial charge < -0.3 is 0 Å². The molecule has 18 heavy (non-hydrogen) atoms. The van der Waals surface area contributed by atoms with E-state index in [1.54, 1.807) is 30.3 Å². The Morgan fingerprint density at radius 3 is 2.22 bits per heavy atom. The van der Waals surface area contributed by atoms with Gasteiger partial charge in [-0.15, -0.1) is 0 Å². The van der Waals surface area contributed by atoms with E-state index in [9.17, 15) is 0 Å². The van der Waals surface area contributed by atoms with Crippen LogP contribution in [-0.4, -0.2) is 8.07 Å². The van der Waals surface area contributed by atoms with Gasteiger partial charge in [0.1, 0.15) is 0 Å². The zero-order chi connectivity index (χ0) is 13.9. The van der Waals surface area contributed by atoms with E-state index in [1.807, 2.05) is 0 Å². The SMILES string of the molecule is CCc1cccc2c1C=C(C)[CH]2[Zr].C[Si](C)(C)C. The molecule has 1 aliphatic rings. The zero-order valence-electron chi connectivity index (χ0n) is 12.6. The fourth-order valence-corrected chi connectivity index (χ4v) is 2.75. The summed E-state index contributed by atoms with van der Waals surface area (Å²) in [4.78, 5) is 0. The summed E-state index contributed by atoms with van der Waals surface area (Å²) in [6.07, 6.45) is 3.52. The van der Waals surface area contributed by atoms with Gasteiger partial charge in [-0.2, -0.15) is 0 Å². The van der Waals surface area contributed by atoms with Gasteiger partial charge in [0.15, 0.2) is 0 Å². The molecular formula is C16H25SiZr. The molecule has 2 rings (SSSR count). The van der Waals surface area contributed by atoms with Crippen molar-refractivity contribution in [3.05, 3.63) is 40.5 Å². The number of rotatable bonds is 1. The first-order valence-electron chi connectivity index (χ1n) is 6.75. The van der Waals surface area contributed by atoms with Gasteiger partial charge in [-0.25, -0.2) is 0 Å². The quantitative estimate of drug-likeness (QED) is 0.618. The largest absolute Gasteiger partial charge is 0.0697 e. The summed E-state index contributed by atoms with van der Waals surface area (Å²) >= 11 is 1.61. The van der Waals surface area contributed by atoms with E-state index in [2.05, 4.69) is 64.3 Å². The van der Waals surface area contributed by atoms with Crippen LogP contribution in [0.1, 0.15) is 34.2 Å². The van der Waals surface area contributed by atoms with Gasteiger partial charge in [0.2, 0.25) is 0 Å². The average Bonchev–Trinajstić information content (AvgIpc) is 2.53. The molecule has 1 unspecified atom stereocenters. The Balaban J connectivity index is 0.000000280. The third-order valence-electron chi connectivity index (χ3n) is 2.75. The molecule has 0 radical (unpaired) electrons. The molecule has 0 saturated carbocycles. The van der Waals surface area contributed by atoms with Gasteiger partial charge in [0, 0.05) is 8.07 Å². The molecule has 0 bridgehead atoms. The van der Waals surface area contributed by atoms with Crippen molar-refractivity contribution in [1.29, 1.82) is 0 Å². The Labute approximate surface area is 129 Å². The van der Waals surface area contributed by atoms with E-state index in [1.165, 1.54) is 16.7 Å². The van der Waals surface area contributed by atoms with E-state index in [4.69, 9.17) is 0 Å². The van der Waals surface area contributed by atoms with Crippen LogP contribution in [0, 0.1) is 0 Å². The minimum absolute atomic E-state index is 0.611. The molecule has 0 saturated heterocycles. The molecule has 0 amide bonds. The maximum atomic E-state index is 2.37. The summed E-state index contributed by atoms with van der Waals surface area (Å²) in [6.45, 7) is 13.8. The first-order valence-corrected chi connectivity index (χ1v) is 12.2. The molecule has 0 aromatic heterocycles. The predicted octanol–water partition coefficient (Wildman–Crippen LogP) is 5.21. The van der Waals surface area contributed by atoms with Crippen molar-refractivity contribution in [1.82, 2.24) is 0 Å². The Morgan fingerprint density at radius 1 is 1.17 bits per heavy atom. The smallest absolute Gasteiger partial charge is 0.0411 e. The fourth-order valence-electron chi connectivity index (χ4n) is 1.93. The third-order valence-corrected chi connectivity index (χ3v) is 4.63. The van der Waals surface area contributed by atoms with Crippen LogP contribution in [0.3, 0.4) is 0 Å². The second-order valence-corrected chi connectivity index (χ2v) is 14.0. The van der Waals surface area contributed by atoms with Crippen LogP contribution < -0.4 is 0 Å². The third kappa shape index (κ3) is 4.63. The molecule has 1 aromatic rings. The number of benzene rings is 1. The van der Waals surface area contributed by atoms with E-state index < -0.39 is 8.07 Å². The fraction of sp³-hybridized carbons (Fsp3) is 0.500. The standard InChI is InChI=1S/C12H13.C4H12Si.Zr/c1-3-10-5-4-6-11-7-9(2)8-12(10)11;1-5(2,3)4;/h4-8H,3H2,1-2H3;1-4H3;. The van der Waals surface area contributed by atoms with Crippen molar-refractivity contribution in [2.75, 3.05) is 0 Å². The van der Waals surface area contributed by atoms with Crippen molar-refractivity contribution < 1.29 is 24.7 Å². The van der Waals surface area contributed by atoms with Crippen LogP contribution in [0.4, 0.5) is 0 Å². The molecule has 97 valence electrons. The van der Waals surface area contributed by atoms with Crippen LogP contribution in [-0.2, 0) is 31.1 Å². The Bertz CT molecular complexity index is 435. The molecule has 0 spiro atoms. The molecule has 1 aromatic carbocycles. The molecule has 0 nitrogen and oxygen atoms in total. The topological polar surface area (TPSA) is 0 Å². The van der Waals surface area contributed by atoms with Crippen molar-refractivity contribution >= 4 is 14.1 Å². The molecule has 0 N–H and O–H groups in total. The average molecular weight is 337 g/mol. The Hall–Kier alpha value is 0.0600. The summed E-state index contributed by atoms with van der Waals surface area (Å²) in [7, 11) is -0.611. The minimum atomic E-state index is -0.611. The number of hydrogen-bond donors (Lipinski definition) is 0. The molecule has 0 aliphatic heterocycles. The van der Waals surface area contributed by atoms with Crippen LogP contribution in [0.15, 0.2) is 23.8 Å². The van der Waals surface area contributed by atoms with E-state index >= 15 is 0 Å². The number of hydrogen-bond acceptors (Lipinski definition) is 0. The summed E-state index contributed by atoms with van der Waals surface area (Å²) < 4.78 is 0.716. The van der Waals surface area contributed by atoms with E-state index in [0.717, 1.165) is 6.42 Å². The first kappa shape index (κ1) is 16.1. The molecule has 1 aliphatic carbocycles. The van der Waals surface area contributed by atoms with Crippen molar-refractivity contribution in [3.63, 3.8) is 0 Å². The van der Waals surface area contributed by atoms with Crippen molar-refractivity contribution in [3.8, 4) is 0 Å². The van der Waals surface area contributed by atoms with E-state index in [0.29, 0.717) is 3.63 Å². The van der Waals surface area contributed by atoms with Crippen LogP contribution in [0.2, 0.25) is 26.2 Å². The maximum Gasteiger partial charge on any atom is 0.0411 e. The summed E-state index contributed by atoms with van der Waals surface area (Å²) in [6, 6.07) is 6.72. The number of aryl methyl sites for hydroxylation is 1. The molecule has 0 heterocycles. The van der Waals surface area contributed by atoms with Crippen molar-refractivity contribution in [2.45, 2.75) is 50.1 Å². The Kier molecular flexibility index (Phi) is 5.80. The molecule has 1 atom stereocenters. The molecule has 2 heteroatoms. The number of fused-ring (bicyclic) bond motifs is 1. The van der Waals surface area contributed by atoms with Gasteiger partial charge in [-0.1, -0.05) is 26.2 Å². The van der Waals surface area contributed by atoms with Crippen molar-refractivity contribution in [2.24, 2.45) is 0 Å².